The van der Waals surface area contributed by atoms with Crippen LogP contribution in [0.4, 0.5) is 26.3 Å². The number of hydrogen-bond acceptors (Lipinski definition) is 7. The molecule has 3 aliphatic rings. The quantitative estimate of drug-likeness (QED) is 0.142. The number of allylic oxidation sites excluding steroid dienone is 4. The number of nitriles is 4. The Morgan fingerprint density at radius 3 is 1.60 bits per heavy atom. The predicted molar refractivity (Wildman–Crippen MR) is 178 cm³/mol. The van der Waals surface area contributed by atoms with Crippen LogP contribution in [0, 0.1) is 45.3 Å². The first-order valence-electron chi connectivity index (χ1n) is 15.5. The van der Waals surface area contributed by atoms with E-state index in [4.69, 9.17) is 0 Å². The third-order valence-electron chi connectivity index (χ3n) is 9.00. The standard InChI is InChI=1S/C40H18F6N4O3/c41-39(42,43)52-26-7-1-20(2-8-26)22-5-11-28-30(13-22)34(24(16-47)17-48)32-15-33-35(25(18-49)19-50)31-14-23(6-12-29(31)37(33)38(51)36(28)32)21-3-9-27(10-4-21)53-40(44,45)46/h1-9,11-15,27,51H,10H2. The molecule has 0 saturated heterocycles. The Bertz CT molecular complexity index is 2540. The second-order valence-electron chi connectivity index (χ2n) is 12.0. The van der Waals surface area contributed by atoms with Gasteiger partial charge in [-0.25, -0.2) is 0 Å². The largest absolute Gasteiger partial charge is 0.573 e. The number of alkyl halides is 6. The van der Waals surface area contributed by atoms with Crippen molar-refractivity contribution in [2.75, 3.05) is 0 Å². The van der Waals surface area contributed by atoms with Crippen LogP contribution in [0.3, 0.4) is 0 Å². The minimum atomic E-state index is -4.88. The second-order valence-corrected chi connectivity index (χ2v) is 12.0. The van der Waals surface area contributed by atoms with Crippen molar-refractivity contribution in [3.8, 4) is 69.2 Å². The molecule has 1 atom stereocenters. The van der Waals surface area contributed by atoms with Gasteiger partial charge in [-0.1, -0.05) is 54.6 Å². The summed E-state index contributed by atoms with van der Waals surface area (Å²) in [4.78, 5) is 0. The Hall–Kier alpha value is -7.06. The molecular weight excluding hydrogens is 698 g/mol. The molecule has 0 aliphatic heterocycles. The van der Waals surface area contributed by atoms with Crippen LogP contribution in [-0.4, -0.2) is 23.9 Å². The van der Waals surface area contributed by atoms with E-state index in [1.807, 2.05) is 24.3 Å². The Kier molecular flexibility index (Phi) is 8.18. The SMILES string of the molecule is N#CC(C#N)=C1c2cc(C3=CCC(OC(F)(F)F)C=C3)ccc2-c2c1cc1c(c2O)-c2ccc(-c3ccc(OC(F)(F)F)cc3)cc2C1=C(C#N)C#N. The van der Waals surface area contributed by atoms with E-state index in [1.54, 1.807) is 48.5 Å². The number of benzene rings is 4. The normalized spacial score (nSPS) is 15.1. The molecule has 4 aromatic rings. The Morgan fingerprint density at radius 2 is 1.13 bits per heavy atom. The highest BCUT2D eigenvalue weighted by atomic mass is 19.4. The molecule has 0 amide bonds. The number of rotatable bonds is 4. The average molecular weight is 717 g/mol. The number of halogens is 6. The van der Waals surface area contributed by atoms with E-state index < -0.39 is 24.6 Å². The third kappa shape index (κ3) is 6.06. The van der Waals surface area contributed by atoms with Crippen LogP contribution in [0.5, 0.6) is 11.5 Å². The summed E-state index contributed by atoms with van der Waals surface area (Å²) < 4.78 is 84.5. The highest BCUT2D eigenvalue weighted by Crippen LogP contribution is 2.59. The van der Waals surface area contributed by atoms with Crippen molar-refractivity contribution < 1.29 is 40.9 Å². The Balaban J connectivity index is 1.38. The fourth-order valence-electron chi connectivity index (χ4n) is 6.93. The van der Waals surface area contributed by atoms with Crippen LogP contribution < -0.4 is 4.74 Å². The van der Waals surface area contributed by atoms with Crippen molar-refractivity contribution in [2.45, 2.75) is 25.2 Å². The fourth-order valence-corrected chi connectivity index (χ4v) is 6.93. The van der Waals surface area contributed by atoms with E-state index in [9.17, 15) is 52.5 Å². The summed E-state index contributed by atoms with van der Waals surface area (Å²) in [6.07, 6.45) is -6.62. The molecule has 3 aliphatic carbocycles. The van der Waals surface area contributed by atoms with E-state index in [1.165, 1.54) is 24.3 Å². The van der Waals surface area contributed by atoms with E-state index in [0.29, 0.717) is 44.5 Å². The second kappa shape index (κ2) is 12.6. The van der Waals surface area contributed by atoms with E-state index in [-0.39, 0.29) is 56.7 Å². The van der Waals surface area contributed by atoms with Gasteiger partial charge in [-0.15, -0.1) is 26.3 Å². The molecule has 53 heavy (non-hydrogen) atoms. The Labute approximate surface area is 296 Å². The van der Waals surface area contributed by atoms with Gasteiger partial charge in [0.2, 0.25) is 0 Å². The zero-order valence-corrected chi connectivity index (χ0v) is 26.7. The summed E-state index contributed by atoms with van der Waals surface area (Å²) in [6.45, 7) is 0. The highest BCUT2D eigenvalue weighted by molar-refractivity contribution is 6.14. The molecule has 0 radical (unpaired) electrons. The summed E-state index contributed by atoms with van der Waals surface area (Å²) >= 11 is 0. The number of nitrogens with zero attached hydrogens (tertiary/aromatic N) is 4. The van der Waals surface area contributed by atoms with Crippen molar-refractivity contribution >= 4 is 16.7 Å². The van der Waals surface area contributed by atoms with Gasteiger partial charge in [-0.2, -0.15) is 21.0 Å². The topological polar surface area (TPSA) is 134 Å². The third-order valence-corrected chi connectivity index (χ3v) is 9.00. The van der Waals surface area contributed by atoms with E-state index in [2.05, 4.69) is 9.47 Å². The molecule has 0 saturated carbocycles. The molecule has 0 heterocycles. The van der Waals surface area contributed by atoms with Gasteiger partial charge in [-0.05, 0) is 92.4 Å². The zero-order chi connectivity index (χ0) is 37.8. The molecule has 0 aromatic heterocycles. The van der Waals surface area contributed by atoms with Crippen LogP contribution >= 0.6 is 0 Å². The Morgan fingerprint density at radius 1 is 0.623 bits per heavy atom. The first-order chi connectivity index (χ1) is 25.2. The molecule has 1 N–H and O–H groups in total. The predicted octanol–water partition coefficient (Wildman–Crippen LogP) is 9.87. The minimum Gasteiger partial charge on any atom is -0.507 e. The van der Waals surface area contributed by atoms with Gasteiger partial charge in [0.25, 0.3) is 0 Å². The summed E-state index contributed by atoms with van der Waals surface area (Å²) in [7, 11) is 0. The molecule has 7 rings (SSSR count). The monoisotopic (exact) mass is 716 g/mol. The van der Waals surface area contributed by atoms with Crippen molar-refractivity contribution in [1.82, 2.24) is 0 Å². The summed E-state index contributed by atoms with van der Waals surface area (Å²) in [5, 5.41) is 52.2. The molecule has 7 nitrogen and oxygen atoms in total. The first-order valence-corrected chi connectivity index (χ1v) is 15.5. The smallest absolute Gasteiger partial charge is 0.507 e. The van der Waals surface area contributed by atoms with Crippen LogP contribution in [0.2, 0.25) is 0 Å². The number of phenols is 1. The molecular formula is C40H18F6N4O3. The number of aromatic hydroxyl groups is 1. The number of phenolic OH excluding ortho intramolecular Hbond substituents is 1. The van der Waals surface area contributed by atoms with E-state index >= 15 is 0 Å². The van der Waals surface area contributed by atoms with Gasteiger partial charge in [0.05, 0.1) is 6.10 Å². The molecule has 4 aromatic carbocycles. The summed E-state index contributed by atoms with van der Waals surface area (Å²) in [6, 6.07) is 24.3. The highest BCUT2D eigenvalue weighted by Gasteiger charge is 2.38. The van der Waals surface area contributed by atoms with Crippen LogP contribution in [-0.2, 0) is 4.74 Å². The van der Waals surface area contributed by atoms with Gasteiger partial charge < -0.3 is 9.84 Å². The van der Waals surface area contributed by atoms with E-state index in [0.717, 1.165) is 12.1 Å². The van der Waals surface area contributed by atoms with Crippen LogP contribution in [0.25, 0.3) is 50.1 Å². The lowest BCUT2D eigenvalue weighted by molar-refractivity contribution is -0.335. The number of ether oxygens (including phenoxy) is 2. The molecule has 1 unspecified atom stereocenters. The fraction of sp³-hybridized carbons (Fsp3) is 0.100. The minimum absolute atomic E-state index is 0.0609. The zero-order valence-electron chi connectivity index (χ0n) is 26.7. The van der Waals surface area contributed by atoms with Gasteiger partial charge in [0.15, 0.2) is 0 Å². The number of hydrogen-bond donors (Lipinski definition) is 1. The molecule has 0 spiro atoms. The summed E-state index contributed by atoms with van der Waals surface area (Å²) in [5.41, 5.74) is 4.68. The van der Waals surface area contributed by atoms with Gasteiger partial charge in [0.1, 0.15) is 46.9 Å². The first kappa shape index (κ1) is 34.4. The molecule has 13 heteroatoms. The van der Waals surface area contributed by atoms with Gasteiger partial charge in [-0.3, -0.25) is 4.74 Å². The van der Waals surface area contributed by atoms with Crippen molar-refractivity contribution in [2.24, 2.45) is 0 Å². The molecule has 0 fully saturated rings. The maximum absolute atomic E-state index is 12.8. The van der Waals surface area contributed by atoms with Crippen LogP contribution in [0.1, 0.15) is 34.2 Å². The molecule has 258 valence electrons. The maximum atomic E-state index is 12.8. The summed E-state index contributed by atoms with van der Waals surface area (Å²) in [5.74, 6) is -0.680. The van der Waals surface area contributed by atoms with Gasteiger partial charge in [0, 0.05) is 22.3 Å². The average Bonchev–Trinajstić information content (AvgIpc) is 3.61. The van der Waals surface area contributed by atoms with Crippen molar-refractivity contribution in [3.63, 3.8) is 0 Å². The maximum Gasteiger partial charge on any atom is 0.573 e. The number of fused-ring (bicyclic) bond motifs is 6. The van der Waals surface area contributed by atoms with Crippen molar-refractivity contribution in [3.05, 3.63) is 124 Å². The van der Waals surface area contributed by atoms with Gasteiger partial charge >= 0.3 is 12.7 Å². The van der Waals surface area contributed by atoms with Crippen molar-refractivity contribution in [1.29, 1.82) is 21.0 Å². The lowest BCUT2D eigenvalue weighted by Crippen LogP contribution is -2.22. The van der Waals surface area contributed by atoms with Crippen LogP contribution in [0.15, 0.2) is 96.1 Å². The lowest BCUT2D eigenvalue weighted by atomic mass is 9.91. The lowest BCUT2D eigenvalue weighted by Gasteiger charge is -2.19. The molecule has 0 bridgehead atoms.